The summed E-state index contributed by atoms with van der Waals surface area (Å²) < 4.78 is 18.8. The number of likely N-dealkylation sites (tertiary alicyclic amines) is 1. The number of nitrogens with zero attached hydrogens (tertiary/aromatic N) is 1. The molecule has 3 rings (SSSR count). The topological polar surface area (TPSA) is 63.7 Å². The Morgan fingerprint density at radius 3 is 2.44 bits per heavy atom. The van der Waals surface area contributed by atoms with Crippen molar-refractivity contribution < 1.29 is 23.5 Å². The molecule has 3 atom stereocenters. The van der Waals surface area contributed by atoms with Gasteiger partial charge in [-0.3, -0.25) is 14.5 Å². The predicted octanol–water partition coefficient (Wildman–Crippen LogP) is 3.09. The summed E-state index contributed by atoms with van der Waals surface area (Å²) in [5, 5.41) is 0.153. The van der Waals surface area contributed by atoms with Crippen molar-refractivity contribution in [3.63, 3.8) is 0 Å². The molecule has 0 bridgehead atoms. The molecule has 1 aliphatic heterocycles. The van der Waals surface area contributed by atoms with E-state index in [1.54, 1.807) is 0 Å². The van der Waals surface area contributed by atoms with E-state index in [9.17, 15) is 18.8 Å². The molecule has 0 spiro atoms. The van der Waals surface area contributed by atoms with Gasteiger partial charge < -0.3 is 4.74 Å². The number of carbonyl (C=O) groups is 3. The Kier molecular flexibility index (Phi) is 5.08. The van der Waals surface area contributed by atoms with E-state index in [4.69, 9.17) is 16.3 Å². The van der Waals surface area contributed by atoms with E-state index in [0.29, 0.717) is 12.8 Å². The van der Waals surface area contributed by atoms with Gasteiger partial charge in [-0.2, -0.15) is 0 Å². The normalized spacial score (nSPS) is 24.2. The van der Waals surface area contributed by atoms with Crippen LogP contribution in [0.1, 0.15) is 38.2 Å². The molecule has 2 fully saturated rings. The predicted molar refractivity (Wildman–Crippen MR) is 88.0 cm³/mol. The summed E-state index contributed by atoms with van der Waals surface area (Å²) in [5.74, 6) is -2.58. The van der Waals surface area contributed by atoms with Crippen LogP contribution in [0.3, 0.4) is 0 Å². The molecule has 1 saturated carbocycles. The van der Waals surface area contributed by atoms with Crippen LogP contribution in [0, 0.1) is 17.7 Å². The monoisotopic (exact) mass is 367 g/mol. The molecule has 5 nitrogen and oxygen atoms in total. The zero-order valence-corrected chi connectivity index (χ0v) is 14.6. The third-order valence-electron chi connectivity index (χ3n) is 5.02. The molecule has 0 aromatic heterocycles. The van der Waals surface area contributed by atoms with Crippen LogP contribution in [0.2, 0.25) is 5.02 Å². The quantitative estimate of drug-likeness (QED) is 0.606. The molecule has 1 aliphatic carbocycles. The van der Waals surface area contributed by atoms with Gasteiger partial charge in [0, 0.05) is 5.56 Å². The van der Waals surface area contributed by atoms with Gasteiger partial charge in [-0.05, 0) is 31.9 Å². The Morgan fingerprint density at radius 1 is 1.28 bits per heavy atom. The minimum absolute atomic E-state index is 0.0671. The van der Waals surface area contributed by atoms with Crippen molar-refractivity contribution in [3.05, 3.63) is 34.6 Å². The van der Waals surface area contributed by atoms with Crippen molar-refractivity contribution in [1.82, 2.24) is 4.90 Å². The van der Waals surface area contributed by atoms with Crippen LogP contribution in [-0.4, -0.2) is 28.7 Å². The number of hydrogen-bond acceptors (Lipinski definition) is 4. The highest BCUT2D eigenvalue weighted by Crippen LogP contribution is 2.39. The maximum atomic E-state index is 13.7. The van der Waals surface area contributed by atoms with Gasteiger partial charge >= 0.3 is 5.97 Å². The number of imide groups is 1. The Balaban J connectivity index is 1.68. The van der Waals surface area contributed by atoms with E-state index < -0.39 is 17.8 Å². The second-order valence-electron chi connectivity index (χ2n) is 6.53. The van der Waals surface area contributed by atoms with Crippen molar-refractivity contribution in [2.45, 2.75) is 45.3 Å². The zero-order valence-electron chi connectivity index (χ0n) is 13.8. The smallest absolute Gasteiger partial charge is 0.329 e. The number of hydrogen-bond donors (Lipinski definition) is 0. The average Bonchev–Trinajstić information content (AvgIpc) is 2.85. The number of fused-ring (bicyclic) bond motifs is 1. The largest absolute Gasteiger partial charge is 0.459 e. The molecule has 1 heterocycles. The highest BCUT2D eigenvalue weighted by Gasteiger charge is 2.51. The number of rotatable bonds is 4. The minimum atomic E-state index is -1.03. The molecule has 1 aromatic rings. The standard InChI is InChI=1S/C18H19ClFNO4/c1-10(18(24)25-9-13-14(19)7-4-8-15(13)20)21-16(22)11-5-2-3-6-12(11)17(21)23/h4,7-8,10-12H,2-3,5-6,9H2,1H3/t10-,11+,12+/m0/s1. The zero-order chi connectivity index (χ0) is 18.1. The van der Waals surface area contributed by atoms with E-state index >= 15 is 0 Å². The third kappa shape index (κ3) is 3.27. The molecule has 0 radical (unpaired) electrons. The lowest BCUT2D eigenvalue weighted by atomic mass is 9.81. The Morgan fingerprint density at radius 2 is 1.88 bits per heavy atom. The summed E-state index contributed by atoms with van der Waals surface area (Å²) in [6.45, 7) is 1.11. The van der Waals surface area contributed by atoms with Crippen LogP contribution in [0.15, 0.2) is 18.2 Å². The van der Waals surface area contributed by atoms with Gasteiger partial charge in [-0.25, -0.2) is 9.18 Å². The molecule has 2 aliphatic rings. The first-order valence-corrected chi connectivity index (χ1v) is 8.76. The third-order valence-corrected chi connectivity index (χ3v) is 5.38. The molecular weight excluding hydrogens is 349 g/mol. The van der Waals surface area contributed by atoms with Crippen LogP contribution in [0.4, 0.5) is 4.39 Å². The van der Waals surface area contributed by atoms with Gasteiger partial charge in [-0.15, -0.1) is 0 Å². The number of ether oxygens (including phenoxy) is 1. The second-order valence-corrected chi connectivity index (χ2v) is 6.94. The fourth-order valence-electron chi connectivity index (χ4n) is 3.61. The summed E-state index contributed by atoms with van der Waals surface area (Å²) in [7, 11) is 0. The minimum Gasteiger partial charge on any atom is -0.459 e. The summed E-state index contributed by atoms with van der Waals surface area (Å²) in [4.78, 5) is 38.3. The first-order chi connectivity index (χ1) is 11.9. The number of esters is 1. The number of carbonyl (C=O) groups excluding carboxylic acids is 3. The van der Waals surface area contributed by atoms with Crippen molar-refractivity contribution >= 4 is 29.4 Å². The number of halogens is 2. The maximum absolute atomic E-state index is 13.7. The first-order valence-electron chi connectivity index (χ1n) is 8.38. The second kappa shape index (κ2) is 7.12. The van der Waals surface area contributed by atoms with E-state index in [-0.39, 0.29) is 40.8 Å². The number of amides is 2. The molecule has 25 heavy (non-hydrogen) atoms. The summed E-state index contributed by atoms with van der Waals surface area (Å²) in [6, 6.07) is 3.14. The van der Waals surface area contributed by atoms with Crippen LogP contribution >= 0.6 is 11.6 Å². The van der Waals surface area contributed by atoms with Crippen molar-refractivity contribution in [2.24, 2.45) is 11.8 Å². The molecule has 7 heteroatoms. The van der Waals surface area contributed by atoms with Crippen LogP contribution in [0.5, 0.6) is 0 Å². The highest BCUT2D eigenvalue weighted by atomic mass is 35.5. The SMILES string of the molecule is C[C@@H](C(=O)OCc1c(F)cccc1Cl)N1C(=O)[C@@H]2CCCC[C@H]2C1=O. The fraction of sp³-hybridized carbons (Fsp3) is 0.500. The molecule has 1 saturated heterocycles. The highest BCUT2D eigenvalue weighted by molar-refractivity contribution is 6.31. The van der Waals surface area contributed by atoms with Gasteiger partial charge in [0.1, 0.15) is 18.5 Å². The molecule has 0 unspecified atom stereocenters. The van der Waals surface area contributed by atoms with Gasteiger partial charge in [0.2, 0.25) is 11.8 Å². The van der Waals surface area contributed by atoms with Crippen LogP contribution in [-0.2, 0) is 25.7 Å². The van der Waals surface area contributed by atoms with E-state index in [0.717, 1.165) is 17.7 Å². The summed E-state index contributed by atoms with van der Waals surface area (Å²) in [6.07, 6.45) is 3.19. The summed E-state index contributed by atoms with van der Waals surface area (Å²) >= 11 is 5.90. The van der Waals surface area contributed by atoms with E-state index in [1.165, 1.54) is 25.1 Å². The lowest BCUT2D eigenvalue weighted by molar-refractivity contribution is -0.159. The van der Waals surface area contributed by atoms with E-state index in [2.05, 4.69) is 0 Å². The van der Waals surface area contributed by atoms with Gasteiger partial charge in [-0.1, -0.05) is 30.5 Å². The maximum Gasteiger partial charge on any atom is 0.329 e. The molecule has 2 amide bonds. The molecule has 0 N–H and O–H groups in total. The Bertz CT molecular complexity index is 679. The average molecular weight is 368 g/mol. The Hall–Kier alpha value is -1.95. The first kappa shape index (κ1) is 17.9. The lowest BCUT2D eigenvalue weighted by Crippen LogP contribution is -2.44. The summed E-state index contributed by atoms with van der Waals surface area (Å²) in [5.41, 5.74) is 0.0671. The van der Waals surface area contributed by atoms with Crippen molar-refractivity contribution in [1.29, 1.82) is 0 Å². The van der Waals surface area contributed by atoms with E-state index in [1.807, 2.05) is 0 Å². The van der Waals surface area contributed by atoms with Crippen LogP contribution in [0.25, 0.3) is 0 Å². The van der Waals surface area contributed by atoms with Gasteiger partial charge in [0.25, 0.3) is 0 Å². The molecular formula is C18H19ClFNO4. The fourth-order valence-corrected chi connectivity index (χ4v) is 3.83. The molecule has 134 valence electrons. The van der Waals surface area contributed by atoms with Gasteiger partial charge in [0.15, 0.2) is 0 Å². The number of benzene rings is 1. The Labute approximate surface area is 150 Å². The van der Waals surface area contributed by atoms with Crippen LogP contribution < -0.4 is 0 Å². The molecule has 1 aromatic carbocycles. The van der Waals surface area contributed by atoms with Crippen molar-refractivity contribution in [3.8, 4) is 0 Å². The van der Waals surface area contributed by atoms with Gasteiger partial charge in [0.05, 0.1) is 16.9 Å². The van der Waals surface area contributed by atoms with Crippen molar-refractivity contribution in [2.75, 3.05) is 0 Å². The lowest BCUT2D eigenvalue weighted by Gasteiger charge is -2.21.